The molecule has 0 saturated carbocycles. The minimum Gasteiger partial charge on any atom is -0.326 e. The third kappa shape index (κ3) is 5.48. The fourth-order valence-corrected chi connectivity index (χ4v) is 5.72. The summed E-state index contributed by atoms with van der Waals surface area (Å²) in [7, 11) is 0. The predicted molar refractivity (Wildman–Crippen MR) is 151 cm³/mol. The number of nitrogens with zero attached hydrogens (tertiary/aromatic N) is 3. The summed E-state index contributed by atoms with van der Waals surface area (Å²) in [5, 5.41) is 10.1. The summed E-state index contributed by atoms with van der Waals surface area (Å²) < 4.78 is 0. The van der Waals surface area contributed by atoms with Crippen molar-refractivity contribution >= 4 is 51.7 Å². The van der Waals surface area contributed by atoms with Gasteiger partial charge in [-0.1, -0.05) is 77.5 Å². The van der Waals surface area contributed by atoms with Crippen LogP contribution in [0.5, 0.6) is 0 Å². The van der Waals surface area contributed by atoms with Gasteiger partial charge in [-0.15, -0.1) is 0 Å². The second-order valence-electron chi connectivity index (χ2n) is 9.39. The first-order chi connectivity index (χ1) is 17.8. The largest absolute Gasteiger partial charge is 0.326 e. The number of hydrogen-bond donors (Lipinski definition) is 1. The second-order valence-corrected chi connectivity index (χ2v) is 11.0. The van der Waals surface area contributed by atoms with Gasteiger partial charge in [0.05, 0.1) is 11.8 Å². The van der Waals surface area contributed by atoms with E-state index in [1.807, 2.05) is 63.2 Å². The number of benzene rings is 3. The molecule has 0 saturated heterocycles. The summed E-state index contributed by atoms with van der Waals surface area (Å²) in [6, 6.07) is 21.4. The van der Waals surface area contributed by atoms with E-state index >= 15 is 0 Å². The molecule has 2 amide bonds. The smallest absolute Gasteiger partial charge is 0.262 e. The number of hydrogen-bond acceptors (Lipinski definition) is 5. The SMILES string of the molecule is Cc1ccc(C2=NN(C3=NC(=O)[C@@H](CC(=O)Nc4ccc(C)c(C)c4)S3)[C@@H](c3ccccc3Cl)C2)cc1. The molecule has 2 atom stereocenters. The first-order valence-electron chi connectivity index (χ1n) is 12.1. The number of rotatable bonds is 5. The third-order valence-corrected chi connectivity index (χ3v) is 8.13. The molecule has 2 aliphatic heterocycles. The van der Waals surface area contributed by atoms with Gasteiger partial charge in [0.15, 0.2) is 5.17 Å². The van der Waals surface area contributed by atoms with E-state index in [-0.39, 0.29) is 24.3 Å². The average Bonchev–Trinajstić information content (AvgIpc) is 3.46. The van der Waals surface area contributed by atoms with Gasteiger partial charge >= 0.3 is 0 Å². The summed E-state index contributed by atoms with van der Waals surface area (Å²) in [5.74, 6) is -0.550. The first kappa shape index (κ1) is 25.2. The lowest BCUT2D eigenvalue weighted by atomic mass is 9.98. The van der Waals surface area contributed by atoms with Gasteiger partial charge in [0.25, 0.3) is 5.91 Å². The van der Waals surface area contributed by atoms with Crippen LogP contribution in [-0.4, -0.2) is 33.0 Å². The summed E-state index contributed by atoms with van der Waals surface area (Å²) >= 11 is 7.85. The lowest BCUT2D eigenvalue weighted by molar-refractivity contribution is -0.121. The van der Waals surface area contributed by atoms with Crippen LogP contribution >= 0.6 is 23.4 Å². The maximum atomic E-state index is 12.8. The Kier molecular flexibility index (Phi) is 7.17. The number of nitrogens with one attached hydrogen (secondary N) is 1. The molecule has 1 N–H and O–H groups in total. The van der Waals surface area contributed by atoms with Crippen LogP contribution in [0.3, 0.4) is 0 Å². The van der Waals surface area contributed by atoms with Gasteiger partial charge in [-0.2, -0.15) is 10.1 Å². The molecule has 2 aliphatic rings. The van der Waals surface area contributed by atoms with Gasteiger partial charge in [0.1, 0.15) is 5.25 Å². The van der Waals surface area contributed by atoms with Crippen LogP contribution in [0.4, 0.5) is 5.69 Å². The fraction of sp³-hybridized carbons (Fsp3) is 0.241. The summed E-state index contributed by atoms with van der Waals surface area (Å²) in [5.41, 5.74) is 6.97. The van der Waals surface area contributed by atoms with Gasteiger partial charge in [0, 0.05) is 23.6 Å². The zero-order chi connectivity index (χ0) is 26.1. The summed E-state index contributed by atoms with van der Waals surface area (Å²) in [4.78, 5) is 29.9. The highest BCUT2D eigenvalue weighted by molar-refractivity contribution is 8.15. The van der Waals surface area contributed by atoms with Gasteiger partial charge in [-0.3, -0.25) is 9.59 Å². The molecule has 5 rings (SSSR count). The van der Waals surface area contributed by atoms with Crippen LogP contribution in [0.25, 0.3) is 0 Å². The lowest BCUT2D eigenvalue weighted by Gasteiger charge is -2.23. The van der Waals surface area contributed by atoms with Crippen molar-refractivity contribution in [2.45, 2.75) is 44.9 Å². The molecule has 37 heavy (non-hydrogen) atoms. The Bertz CT molecular complexity index is 1430. The summed E-state index contributed by atoms with van der Waals surface area (Å²) in [6.07, 6.45) is 0.654. The van der Waals surface area contributed by atoms with E-state index in [1.54, 1.807) is 5.01 Å². The molecule has 0 radical (unpaired) electrons. The van der Waals surface area contributed by atoms with Crippen LogP contribution in [0.15, 0.2) is 76.8 Å². The molecule has 0 fully saturated rings. The van der Waals surface area contributed by atoms with Gasteiger partial charge in [-0.05, 0) is 61.2 Å². The Morgan fingerprint density at radius 1 is 1.05 bits per heavy atom. The van der Waals surface area contributed by atoms with Crippen molar-refractivity contribution < 1.29 is 9.59 Å². The first-order valence-corrected chi connectivity index (χ1v) is 13.4. The van der Waals surface area contributed by atoms with Gasteiger partial charge in [0.2, 0.25) is 5.91 Å². The molecule has 0 bridgehead atoms. The molecule has 0 spiro atoms. The van der Waals surface area contributed by atoms with Crippen molar-refractivity contribution in [1.29, 1.82) is 0 Å². The van der Waals surface area contributed by atoms with Crippen molar-refractivity contribution in [3.63, 3.8) is 0 Å². The lowest BCUT2D eigenvalue weighted by Crippen LogP contribution is -2.25. The topological polar surface area (TPSA) is 74.1 Å². The van der Waals surface area contributed by atoms with Crippen molar-refractivity contribution in [2.75, 3.05) is 5.32 Å². The molecule has 3 aromatic rings. The molecular formula is C29H27ClN4O2S. The van der Waals surface area contributed by atoms with E-state index in [2.05, 4.69) is 34.6 Å². The third-order valence-electron chi connectivity index (χ3n) is 6.65. The minimum absolute atomic E-state index is 0.0303. The number of carbonyl (C=O) groups is 2. The molecule has 2 heterocycles. The molecule has 8 heteroatoms. The Morgan fingerprint density at radius 3 is 2.54 bits per heavy atom. The highest BCUT2D eigenvalue weighted by Crippen LogP contribution is 2.40. The Balaban J connectivity index is 1.35. The molecule has 0 aliphatic carbocycles. The van der Waals surface area contributed by atoms with Crippen molar-refractivity contribution in [1.82, 2.24) is 5.01 Å². The number of carbonyl (C=O) groups excluding carboxylic acids is 2. The second kappa shape index (κ2) is 10.5. The van der Waals surface area contributed by atoms with E-state index < -0.39 is 5.25 Å². The molecule has 6 nitrogen and oxygen atoms in total. The Hall–Kier alpha value is -3.42. The van der Waals surface area contributed by atoms with E-state index in [4.69, 9.17) is 16.7 Å². The minimum atomic E-state index is -0.605. The standard InChI is InChI=1S/C29H27ClN4O2S/c1-17-8-11-20(12-9-17)24-15-25(22-6-4-5-7-23(22)30)34(33-24)29-32-28(36)26(37-29)16-27(35)31-21-13-10-18(2)19(3)14-21/h4-14,25-26H,15-16H2,1-3H3,(H,31,35)/t25-,26-/m1/s1. The zero-order valence-electron chi connectivity index (χ0n) is 20.9. The average molecular weight is 531 g/mol. The van der Waals surface area contributed by atoms with Crippen molar-refractivity contribution in [2.24, 2.45) is 10.1 Å². The Morgan fingerprint density at radius 2 is 1.81 bits per heavy atom. The Labute approximate surface area is 225 Å². The maximum absolute atomic E-state index is 12.8. The molecular weight excluding hydrogens is 504 g/mol. The number of hydrazone groups is 1. The number of amidine groups is 1. The molecule has 0 unspecified atom stereocenters. The highest BCUT2D eigenvalue weighted by Gasteiger charge is 2.39. The van der Waals surface area contributed by atoms with E-state index in [0.29, 0.717) is 16.6 Å². The normalized spacial score (nSPS) is 19.1. The van der Waals surface area contributed by atoms with E-state index in [0.717, 1.165) is 33.7 Å². The summed E-state index contributed by atoms with van der Waals surface area (Å²) in [6.45, 7) is 6.07. The monoisotopic (exact) mass is 530 g/mol. The maximum Gasteiger partial charge on any atom is 0.262 e. The van der Waals surface area contributed by atoms with Crippen molar-refractivity contribution in [3.8, 4) is 0 Å². The molecule has 0 aromatic heterocycles. The van der Waals surface area contributed by atoms with Crippen LogP contribution in [0.2, 0.25) is 5.02 Å². The number of aryl methyl sites for hydroxylation is 3. The molecule has 3 aromatic carbocycles. The number of halogens is 1. The van der Waals surface area contributed by atoms with Crippen LogP contribution in [0.1, 0.15) is 46.7 Å². The predicted octanol–water partition coefficient (Wildman–Crippen LogP) is 6.44. The van der Waals surface area contributed by atoms with Gasteiger partial charge < -0.3 is 5.32 Å². The number of amides is 2. The number of anilines is 1. The van der Waals surface area contributed by atoms with Crippen LogP contribution in [-0.2, 0) is 9.59 Å². The quantitative estimate of drug-likeness (QED) is 0.411. The van der Waals surface area contributed by atoms with E-state index in [9.17, 15) is 9.59 Å². The highest BCUT2D eigenvalue weighted by atomic mass is 35.5. The van der Waals surface area contributed by atoms with Crippen LogP contribution < -0.4 is 5.32 Å². The molecule has 188 valence electrons. The van der Waals surface area contributed by atoms with Crippen LogP contribution in [0, 0.1) is 20.8 Å². The van der Waals surface area contributed by atoms with Crippen molar-refractivity contribution in [3.05, 3.63) is 99.6 Å². The number of thioether (sulfide) groups is 1. The van der Waals surface area contributed by atoms with E-state index in [1.165, 1.54) is 17.3 Å². The zero-order valence-corrected chi connectivity index (χ0v) is 22.4. The number of aliphatic imine (C=N–C) groups is 1. The van der Waals surface area contributed by atoms with Gasteiger partial charge in [-0.25, -0.2) is 5.01 Å². The fourth-order valence-electron chi connectivity index (χ4n) is 4.40.